The summed E-state index contributed by atoms with van der Waals surface area (Å²) in [7, 11) is 0. The summed E-state index contributed by atoms with van der Waals surface area (Å²) in [5.74, 6) is -2.91. The van der Waals surface area contributed by atoms with Gasteiger partial charge >= 0.3 is 5.97 Å². The van der Waals surface area contributed by atoms with Crippen molar-refractivity contribution in [2.24, 2.45) is 23.7 Å². The van der Waals surface area contributed by atoms with Gasteiger partial charge < -0.3 is 10.1 Å². The van der Waals surface area contributed by atoms with Gasteiger partial charge in [-0.3, -0.25) is 19.3 Å². The largest absolute Gasteiger partial charge is 0.452 e. The molecule has 0 radical (unpaired) electrons. The molecule has 2 aromatic carbocycles. The van der Waals surface area contributed by atoms with Crippen LogP contribution < -0.4 is 10.2 Å². The number of imide groups is 1. The van der Waals surface area contributed by atoms with Gasteiger partial charge in [0.25, 0.3) is 5.91 Å². The first kappa shape index (κ1) is 24.6. The number of nitrogens with one attached hydrogen (secondary N) is 1. The Morgan fingerprint density at radius 1 is 1.00 bits per heavy atom. The number of rotatable bonds is 5. The molecule has 3 aliphatic rings. The summed E-state index contributed by atoms with van der Waals surface area (Å²) in [6.45, 7) is -0.497. The molecule has 2 bridgehead atoms. The molecule has 5 rings (SSSR count). The van der Waals surface area contributed by atoms with Gasteiger partial charge in [-0.25, -0.2) is 4.79 Å². The average molecular weight is 601 g/mol. The van der Waals surface area contributed by atoms with Crippen molar-refractivity contribution in [1.82, 2.24) is 0 Å². The molecule has 182 valence electrons. The van der Waals surface area contributed by atoms with Gasteiger partial charge in [0.2, 0.25) is 11.8 Å². The van der Waals surface area contributed by atoms with Crippen molar-refractivity contribution in [3.63, 3.8) is 0 Å². The Balaban J connectivity index is 1.21. The van der Waals surface area contributed by atoms with E-state index in [-0.39, 0.29) is 40.0 Å². The van der Waals surface area contributed by atoms with Gasteiger partial charge in [-0.05, 0) is 76.7 Å². The summed E-state index contributed by atoms with van der Waals surface area (Å²) in [5, 5.41) is 2.37. The van der Waals surface area contributed by atoms with Gasteiger partial charge in [0.15, 0.2) is 6.61 Å². The van der Waals surface area contributed by atoms with E-state index in [1.807, 2.05) is 0 Å². The smallest absolute Gasteiger partial charge is 0.338 e. The molecule has 0 unspecified atom stereocenters. The van der Waals surface area contributed by atoms with Crippen molar-refractivity contribution in [3.05, 3.63) is 57.5 Å². The zero-order valence-corrected chi connectivity index (χ0v) is 21.8. The van der Waals surface area contributed by atoms with E-state index in [1.165, 1.54) is 29.2 Å². The highest BCUT2D eigenvalue weighted by molar-refractivity contribution is 9.10. The van der Waals surface area contributed by atoms with Crippen molar-refractivity contribution >= 4 is 85.8 Å². The standard InChI is InChI=1S/C24H18BrCl3N2O5/c25-15-6-3-11(7-16(15)26)29-17(31)9-35-24(34)10-1-4-12(5-2-10)30-22(32)18-13-8-14(19(18)23(30)33)21(28)20(13)27/h1-7,13-14,18-21H,8-9H2,(H,29,31)/t13-,14-,18-,19+,20+,21+/m1/s1. The molecule has 6 atom stereocenters. The summed E-state index contributed by atoms with van der Waals surface area (Å²) in [4.78, 5) is 51.8. The Kier molecular flexibility index (Phi) is 6.59. The van der Waals surface area contributed by atoms with E-state index in [0.29, 0.717) is 27.3 Å². The van der Waals surface area contributed by atoms with E-state index in [4.69, 9.17) is 39.5 Å². The highest BCUT2D eigenvalue weighted by Crippen LogP contribution is 2.59. The molecule has 11 heteroatoms. The number of halogens is 4. The van der Waals surface area contributed by atoms with E-state index in [9.17, 15) is 19.2 Å². The first-order valence-electron chi connectivity index (χ1n) is 10.9. The van der Waals surface area contributed by atoms with Crippen molar-refractivity contribution in [3.8, 4) is 0 Å². The van der Waals surface area contributed by atoms with Crippen LogP contribution in [0.25, 0.3) is 0 Å². The van der Waals surface area contributed by atoms with Crippen LogP contribution in [0.3, 0.4) is 0 Å². The van der Waals surface area contributed by atoms with Crippen molar-refractivity contribution < 1.29 is 23.9 Å². The van der Waals surface area contributed by atoms with E-state index in [0.717, 1.165) is 0 Å². The second-order valence-electron chi connectivity index (χ2n) is 8.82. The molecule has 3 fully saturated rings. The SMILES string of the molecule is O=C(COC(=O)c1ccc(N2C(=O)[C@@H]3[C@H]4C[C@@H]([C@H](Cl)[C@H]4Cl)[C@@H]3C2=O)cc1)Nc1ccc(Br)c(Cl)c1. The molecular weight excluding hydrogens is 583 g/mol. The Labute approximate surface area is 224 Å². The molecular formula is C24H18BrCl3N2O5. The van der Waals surface area contributed by atoms with Gasteiger partial charge in [-0.15, -0.1) is 23.2 Å². The molecule has 2 aliphatic carbocycles. The number of esters is 1. The van der Waals surface area contributed by atoms with Gasteiger partial charge in [0.1, 0.15) is 0 Å². The number of carbonyl (C=O) groups excluding carboxylic acids is 4. The van der Waals surface area contributed by atoms with E-state index >= 15 is 0 Å². The molecule has 2 saturated carbocycles. The third-order valence-corrected chi connectivity index (χ3v) is 9.44. The Bertz CT molecular complexity index is 1210. The zero-order chi connectivity index (χ0) is 25.0. The maximum Gasteiger partial charge on any atom is 0.338 e. The lowest BCUT2D eigenvalue weighted by Gasteiger charge is -2.28. The minimum Gasteiger partial charge on any atom is -0.452 e. The van der Waals surface area contributed by atoms with Crippen molar-refractivity contribution in [2.45, 2.75) is 17.2 Å². The van der Waals surface area contributed by atoms with Crippen LogP contribution in [-0.4, -0.2) is 41.1 Å². The Hall–Kier alpha value is -2.13. The fourth-order valence-electron chi connectivity index (χ4n) is 5.34. The molecule has 0 aromatic heterocycles. The first-order valence-corrected chi connectivity index (χ1v) is 12.9. The third kappa shape index (κ3) is 4.24. The molecule has 3 amide bonds. The molecule has 1 heterocycles. The van der Waals surface area contributed by atoms with Crippen LogP contribution in [0.5, 0.6) is 0 Å². The molecule has 7 nitrogen and oxygen atoms in total. The molecule has 1 aliphatic heterocycles. The summed E-state index contributed by atoms with van der Waals surface area (Å²) >= 11 is 22.1. The number of anilines is 2. The summed E-state index contributed by atoms with van der Waals surface area (Å²) in [6, 6.07) is 10.8. The molecule has 0 spiro atoms. The number of hydrogen-bond donors (Lipinski definition) is 1. The summed E-state index contributed by atoms with van der Waals surface area (Å²) in [5.41, 5.74) is 1.00. The van der Waals surface area contributed by atoms with Crippen molar-refractivity contribution in [2.75, 3.05) is 16.8 Å². The summed E-state index contributed by atoms with van der Waals surface area (Å²) < 4.78 is 5.76. The topological polar surface area (TPSA) is 92.8 Å². The molecule has 1 N–H and O–H groups in total. The highest BCUT2D eigenvalue weighted by Gasteiger charge is 2.66. The van der Waals surface area contributed by atoms with Gasteiger partial charge in [-0.2, -0.15) is 0 Å². The van der Waals surface area contributed by atoms with Crippen LogP contribution in [0.1, 0.15) is 16.8 Å². The van der Waals surface area contributed by atoms with Crippen LogP contribution in [0.4, 0.5) is 11.4 Å². The predicted octanol–water partition coefficient (Wildman–Crippen LogP) is 4.87. The van der Waals surface area contributed by atoms with Crippen LogP contribution in [0, 0.1) is 23.7 Å². The zero-order valence-electron chi connectivity index (χ0n) is 17.9. The lowest BCUT2D eigenvalue weighted by atomic mass is 9.80. The van der Waals surface area contributed by atoms with Crippen LogP contribution >= 0.6 is 50.7 Å². The first-order chi connectivity index (χ1) is 16.7. The van der Waals surface area contributed by atoms with Crippen LogP contribution in [-0.2, 0) is 19.1 Å². The van der Waals surface area contributed by atoms with Crippen molar-refractivity contribution in [1.29, 1.82) is 0 Å². The van der Waals surface area contributed by atoms with Crippen LogP contribution in [0.15, 0.2) is 46.9 Å². The number of amides is 3. The maximum absolute atomic E-state index is 13.1. The Morgan fingerprint density at radius 3 is 2.17 bits per heavy atom. The van der Waals surface area contributed by atoms with Gasteiger partial charge in [0, 0.05) is 10.2 Å². The highest BCUT2D eigenvalue weighted by atomic mass is 79.9. The average Bonchev–Trinajstić information content (AvgIpc) is 3.45. The van der Waals surface area contributed by atoms with Crippen LogP contribution in [0.2, 0.25) is 5.02 Å². The lowest BCUT2D eigenvalue weighted by molar-refractivity contribution is -0.123. The molecule has 35 heavy (non-hydrogen) atoms. The molecule has 1 saturated heterocycles. The minimum atomic E-state index is -0.718. The lowest BCUT2D eigenvalue weighted by Crippen LogP contribution is -2.37. The van der Waals surface area contributed by atoms with Gasteiger partial charge in [0.05, 0.1) is 38.9 Å². The quantitative estimate of drug-likeness (QED) is 0.301. The second-order valence-corrected chi connectivity index (χ2v) is 11.1. The summed E-state index contributed by atoms with van der Waals surface area (Å²) in [6.07, 6.45) is 0.691. The number of nitrogens with zero attached hydrogens (tertiary/aromatic N) is 1. The normalized spacial score (nSPS) is 28.9. The Morgan fingerprint density at radius 2 is 1.60 bits per heavy atom. The fourth-order valence-corrected chi connectivity index (χ4v) is 6.66. The second kappa shape index (κ2) is 9.39. The number of fused-ring (bicyclic) bond motifs is 5. The minimum absolute atomic E-state index is 0.107. The number of carbonyl (C=O) groups is 4. The van der Waals surface area contributed by atoms with E-state index < -0.39 is 30.3 Å². The number of ether oxygens (including phenoxy) is 1. The predicted molar refractivity (Wildman–Crippen MR) is 135 cm³/mol. The number of hydrogen-bond acceptors (Lipinski definition) is 5. The van der Waals surface area contributed by atoms with Gasteiger partial charge in [-0.1, -0.05) is 11.6 Å². The third-order valence-electron chi connectivity index (χ3n) is 6.89. The monoisotopic (exact) mass is 598 g/mol. The molecule has 2 aromatic rings. The fraction of sp³-hybridized carbons (Fsp3) is 0.333. The number of benzene rings is 2. The maximum atomic E-state index is 13.1. The number of alkyl halides is 2. The van der Waals surface area contributed by atoms with E-state index in [2.05, 4.69) is 21.2 Å². The van der Waals surface area contributed by atoms with E-state index in [1.54, 1.807) is 18.2 Å².